The summed E-state index contributed by atoms with van der Waals surface area (Å²) in [5.41, 5.74) is 2.52. The molecule has 28 heavy (non-hydrogen) atoms. The predicted molar refractivity (Wildman–Crippen MR) is 105 cm³/mol. The molecule has 0 radical (unpaired) electrons. The summed E-state index contributed by atoms with van der Waals surface area (Å²) >= 11 is 0. The number of ether oxygens (including phenoxy) is 2. The van der Waals surface area contributed by atoms with Gasteiger partial charge < -0.3 is 14.4 Å². The third-order valence-corrected chi connectivity index (χ3v) is 5.35. The lowest BCUT2D eigenvalue weighted by Crippen LogP contribution is -2.47. The van der Waals surface area contributed by atoms with Crippen molar-refractivity contribution in [1.82, 2.24) is 4.90 Å². The maximum atomic E-state index is 13.5. The van der Waals surface area contributed by atoms with Crippen molar-refractivity contribution in [2.24, 2.45) is 0 Å². The first kappa shape index (κ1) is 18.5. The third-order valence-electron chi connectivity index (χ3n) is 5.35. The molecule has 2 atom stereocenters. The monoisotopic (exact) mass is 377 g/mol. The van der Waals surface area contributed by atoms with Crippen molar-refractivity contribution in [3.63, 3.8) is 0 Å². The van der Waals surface area contributed by atoms with Crippen molar-refractivity contribution >= 4 is 11.6 Å². The van der Waals surface area contributed by atoms with Crippen LogP contribution in [0.3, 0.4) is 0 Å². The van der Waals surface area contributed by atoms with E-state index in [2.05, 4.69) is 11.0 Å². The van der Waals surface area contributed by atoms with E-state index in [4.69, 9.17) is 14.7 Å². The smallest absolute Gasteiger partial charge is 0.244 e. The summed E-state index contributed by atoms with van der Waals surface area (Å²) in [7, 11) is 1.64. The number of hydrogen-bond acceptors (Lipinski definition) is 5. The van der Waals surface area contributed by atoms with E-state index in [-0.39, 0.29) is 18.1 Å². The number of fused-ring (bicyclic) bond motifs is 3. The molecule has 6 heteroatoms. The van der Waals surface area contributed by atoms with Crippen LogP contribution < -0.4 is 9.64 Å². The summed E-state index contributed by atoms with van der Waals surface area (Å²) in [6.07, 6.45) is 0.658. The minimum absolute atomic E-state index is 0.0157. The van der Waals surface area contributed by atoms with Crippen LogP contribution in [0.2, 0.25) is 0 Å². The molecule has 144 valence electrons. The van der Waals surface area contributed by atoms with Crippen LogP contribution in [0, 0.1) is 11.3 Å². The van der Waals surface area contributed by atoms with Gasteiger partial charge in [-0.1, -0.05) is 24.3 Å². The average Bonchev–Trinajstić information content (AvgIpc) is 3.12. The Labute approximate surface area is 164 Å². The fourth-order valence-corrected chi connectivity index (χ4v) is 3.97. The molecule has 0 saturated carbocycles. The topological polar surface area (TPSA) is 65.8 Å². The number of para-hydroxylation sites is 2. The van der Waals surface area contributed by atoms with Gasteiger partial charge in [0.1, 0.15) is 11.9 Å². The average molecular weight is 377 g/mol. The van der Waals surface area contributed by atoms with Crippen LogP contribution in [-0.2, 0) is 16.1 Å². The van der Waals surface area contributed by atoms with Crippen LogP contribution in [0.1, 0.15) is 17.5 Å². The van der Waals surface area contributed by atoms with Crippen LogP contribution in [0.25, 0.3) is 0 Å². The molecule has 2 aromatic carbocycles. The van der Waals surface area contributed by atoms with Crippen LogP contribution >= 0.6 is 0 Å². The Morgan fingerprint density at radius 2 is 2.00 bits per heavy atom. The fourth-order valence-electron chi connectivity index (χ4n) is 3.97. The molecule has 1 saturated heterocycles. The third kappa shape index (κ3) is 3.59. The second-order valence-electron chi connectivity index (χ2n) is 7.18. The molecular formula is C22H23N3O3. The van der Waals surface area contributed by atoms with Crippen molar-refractivity contribution < 1.29 is 14.3 Å². The van der Waals surface area contributed by atoms with Crippen LogP contribution in [0.15, 0.2) is 48.5 Å². The molecule has 2 aliphatic heterocycles. The zero-order valence-electron chi connectivity index (χ0n) is 15.9. The summed E-state index contributed by atoms with van der Waals surface area (Å²) in [6.45, 7) is 2.30. The van der Waals surface area contributed by atoms with Crippen molar-refractivity contribution in [2.45, 2.75) is 25.1 Å². The minimum atomic E-state index is -0.231. The largest absolute Gasteiger partial charge is 0.487 e. The first-order valence-corrected chi connectivity index (χ1v) is 9.48. The number of likely N-dealkylation sites (tertiary alicyclic amines) is 1. The zero-order chi connectivity index (χ0) is 19.5. The summed E-state index contributed by atoms with van der Waals surface area (Å²) in [5, 5.41) is 8.98. The standard InChI is InChI=1S/C22H23N3O3/c1-27-11-10-25-19-4-2-3-5-21(19)28-18-12-20(22(25)26)24(15-18)14-17-8-6-16(13-23)7-9-17/h2-9,18,20H,10-12,14-15H2,1H3. The number of nitriles is 1. The number of carbonyl (C=O) groups excluding carboxylic acids is 1. The lowest BCUT2D eigenvalue weighted by Gasteiger charge is -2.31. The molecule has 0 aliphatic carbocycles. The number of benzene rings is 2. The summed E-state index contributed by atoms with van der Waals surface area (Å²) < 4.78 is 11.5. The second kappa shape index (κ2) is 8.01. The van der Waals surface area contributed by atoms with Gasteiger partial charge in [-0.05, 0) is 29.8 Å². The van der Waals surface area contributed by atoms with Crippen molar-refractivity contribution in [3.8, 4) is 11.8 Å². The number of methoxy groups -OCH3 is 1. The Balaban J connectivity index is 1.61. The maximum Gasteiger partial charge on any atom is 0.244 e. The predicted octanol–water partition coefficient (Wildman–Crippen LogP) is 2.57. The normalized spacial score (nSPS) is 21.4. The number of anilines is 1. The molecule has 2 bridgehead atoms. The molecule has 4 rings (SSSR count). The van der Waals surface area contributed by atoms with E-state index in [1.165, 1.54) is 0 Å². The first-order valence-electron chi connectivity index (χ1n) is 9.48. The minimum Gasteiger partial charge on any atom is -0.487 e. The van der Waals surface area contributed by atoms with Crippen LogP contribution in [0.4, 0.5) is 5.69 Å². The van der Waals surface area contributed by atoms with Gasteiger partial charge in [-0.15, -0.1) is 0 Å². The molecule has 0 aromatic heterocycles. The van der Waals surface area contributed by atoms with Crippen LogP contribution in [0.5, 0.6) is 5.75 Å². The fraction of sp³-hybridized carbons (Fsp3) is 0.364. The van der Waals surface area contributed by atoms with Crippen molar-refractivity contribution in [2.75, 3.05) is 31.7 Å². The van der Waals surface area contributed by atoms with Gasteiger partial charge in [0.05, 0.1) is 30.0 Å². The van der Waals surface area contributed by atoms with E-state index < -0.39 is 0 Å². The van der Waals surface area contributed by atoms with Crippen molar-refractivity contribution in [3.05, 3.63) is 59.7 Å². The van der Waals surface area contributed by atoms with E-state index in [1.807, 2.05) is 48.5 Å². The van der Waals surface area contributed by atoms with E-state index in [9.17, 15) is 4.79 Å². The molecule has 2 heterocycles. The Kier molecular flexibility index (Phi) is 5.29. The Morgan fingerprint density at radius 3 is 2.75 bits per heavy atom. The van der Waals surface area contributed by atoms with Gasteiger partial charge in [0.15, 0.2) is 0 Å². The molecular weight excluding hydrogens is 354 g/mol. The highest BCUT2D eigenvalue weighted by Gasteiger charge is 2.42. The SMILES string of the molecule is COCCN1C(=O)C2CC(CN2Cc2ccc(C#N)cc2)Oc2ccccc21. The number of amides is 1. The highest BCUT2D eigenvalue weighted by molar-refractivity contribution is 5.99. The van der Waals surface area contributed by atoms with E-state index in [0.29, 0.717) is 38.2 Å². The quantitative estimate of drug-likeness (QED) is 0.801. The Morgan fingerprint density at radius 1 is 1.21 bits per heavy atom. The molecule has 2 unspecified atom stereocenters. The maximum absolute atomic E-state index is 13.5. The van der Waals surface area contributed by atoms with Gasteiger partial charge in [-0.25, -0.2) is 0 Å². The Hall–Kier alpha value is -2.88. The van der Waals surface area contributed by atoms with Gasteiger partial charge in [-0.2, -0.15) is 5.26 Å². The van der Waals surface area contributed by atoms with E-state index in [0.717, 1.165) is 17.0 Å². The number of rotatable bonds is 5. The van der Waals surface area contributed by atoms with Gasteiger partial charge >= 0.3 is 0 Å². The molecule has 0 spiro atoms. The second-order valence-corrected chi connectivity index (χ2v) is 7.18. The lowest BCUT2D eigenvalue weighted by molar-refractivity contribution is -0.123. The van der Waals surface area contributed by atoms with Gasteiger partial charge in [-0.3, -0.25) is 9.69 Å². The zero-order valence-corrected chi connectivity index (χ0v) is 15.9. The highest BCUT2D eigenvalue weighted by atomic mass is 16.5. The van der Waals surface area contributed by atoms with E-state index >= 15 is 0 Å². The van der Waals surface area contributed by atoms with Crippen LogP contribution in [-0.4, -0.2) is 49.8 Å². The van der Waals surface area contributed by atoms with Gasteiger partial charge in [0.2, 0.25) is 5.91 Å². The molecule has 1 amide bonds. The van der Waals surface area contributed by atoms with Gasteiger partial charge in [0.25, 0.3) is 0 Å². The van der Waals surface area contributed by atoms with E-state index in [1.54, 1.807) is 12.0 Å². The summed E-state index contributed by atoms with van der Waals surface area (Å²) in [4.78, 5) is 17.4. The van der Waals surface area contributed by atoms with Crippen molar-refractivity contribution in [1.29, 1.82) is 5.26 Å². The highest BCUT2D eigenvalue weighted by Crippen LogP contribution is 2.36. The summed E-state index contributed by atoms with van der Waals surface area (Å²) in [5.74, 6) is 0.833. The molecule has 6 nitrogen and oxygen atoms in total. The number of hydrogen-bond donors (Lipinski definition) is 0. The van der Waals surface area contributed by atoms with Gasteiger partial charge in [0, 0.05) is 33.2 Å². The first-order chi connectivity index (χ1) is 13.7. The number of nitrogens with zero attached hydrogens (tertiary/aromatic N) is 3. The lowest BCUT2D eigenvalue weighted by atomic mass is 10.1. The Bertz CT molecular complexity index is 891. The summed E-state index contributed by atoms with van der Waals surface area (Å²) in [6, 6.07) is 17.1. The number of carbonyl (C=O) groups is 1. The molecule has 2 aliphatic rings. The molecule has 1 fully saturated rings. The molecule has 0 N–H and O–H groups in total. The molecule has 2 aromatic rings.